The number of aliphatic hydroxyl groups excluding tert-OH is 1. The fourth-order valence-corrected chi connectivity index (χ4v) is 4.91. The standard InChI is InChI=1S/C30H31N3O5/c1-5-37-23-8-6-7-22(18-23)33-27(19-9-12-21(13-10-19)31(2)3)26(29(35)30(33)36)28(34)20-11-14-25-24(17-20)32(4)15-16-38-25/h6-14,17-18,27,34H,5,15-16H2,1-4H3/b28-26-. The van der Waals surface area contributed by atoms with E-state index < -0.39 is 17.7 Å². The Morgan fingerprint density at radius 2 is 1.84 bits per heavy atom. The molecule has 2 aliphatic rings. The number of likely N-dealkylation sites (N-methyl/N-ethyl adjacent to an activating group) is 1. The van der Waals surface area contributed by atoms with Crippen molar-refractivity contribution < 1.29 is 24.2 Å². The monoisotopic (exact) mass is 513 g/mol. The van der Waals surface area contributed by atoms with Gasteiger partial charge in [-0.15, -0.1) is 0 Å². The molecular formula is C30H31N3O5. The van der Waals surface area contributed by atoms with Crippen molar-refractivity contribution in [3.8, 4) is 11.5 Å². The van der Waals surface area contributed by atoms with E-state index in [9.17, 15) is 14.7 Å². The first-order valence-electron chi connectivity index (χ1n) is 12.6. The van der Waals surface area contributed by atoms with E-state index in [2.05, 4.69) is 0 Å². The highest BCUT2D eigenvalue weighted by atomic mass is 16.5. The average Bonchev–Trinajstić information content (AvgIpc) is 3.19. The van der Waals surface area contributed by atoms with Crippen LogP contribution >= 0.6 is 0 Å². The number of carbonyl (C=O) groups is 2. The number of Topliss-reactive ketones (excluding diaryl/α,β-unsaturated/α-hetero) is 1. The first kappa shape index (κ1) is 25.2. The molecule has 1 amide bonds. The zero-order chi connectivity index (χ0) is 27.0. The maximum atomic E-state index is 13.5. The number of nitrogens with zero attached hydrogens (tertiary/aromatic N) is 3. The lowest BCUT2D eigenvalue weighted by atomic mass is 9.94. The normalized spacial score (nSPS) is 18.3. The molecule has 1 atom stereocenters. The second-order valence-electron chi connectivity index (χ2n) is 9.54. The van der Waals surface area contributed by atoms with Crippen molar-refractivity contribution in [1.82, 2.24) is 0 Å². The molecule has 1 unspecified atom stereocenters. The van der Waals surface area contributed by atoms with Gasteiger partial charge in [0.05, 0.1) is 30.5 Å². The molecule has 0 spiro atoms. The quantitative estimate of drug-likeness (QED) is 0.293. The molecule has 2 aliphatic heterocycles. The van der Waals surface area contributed by atoms with Crippen molar-refractivity contribution in [2.24, 2.45) is 0 Å². The second-order valence-corrected chi connectivity index (χ2v) is 9.54. The largest absolute Gasteiger partial charge is 0.507 e. The Bertz CT molecular complexity index is 1410. The molecule has 196 valence electrons. The van der Waals surface area contributed by atoms with Crippen LogP contribution in [-0.2, 0) is 9.59 Å². The van der Waals surface area contributed by atoms with Crippen molar-refractivity contribution in [2.75, 3.05) is 55.6 Å². The summed E-state index contributed by atoms with van der Waals surface area (Å²) < 4.78 is 11.4. The predicted molar refractivity (Wildman–Crippen MR) is 148 cm³/mol. The van der Waals surface area contributed by atoms with Gasteiger partial charge in [-0.05, 0) is 55.0 Å². The number of amides is 1. The Balaban J connectivity index is 1.68. The fraction of sp³-hybridized carbons (Fsp3) is 0.267. The van der Waals surface area contributed by atoms with E-state index >= 15 is 0 Å². The number of rotatable bonds is 6. The maximum Gasteiger partial charge on any atom is 0.300 e. The highest BCUT2D eigenvalue weighted by Gasteiger charge is 2.47. The number of ketones is 1. The topological polar surface area (TPSA) is 82.5 Å². The van der Waals surface area contributed by atoms with Crippen molar-refractivity contribution >= 4 is 34.5 Å². The Morgan fingerprint density at radius 1 is 1.08 bits per heavy atom. The van der Waals surface area contributed by atoms with E-state index in [0.717, 1.165) is 11.4 Å². The third-order valence-corrected chi connectivity index (χ3v) is 6.90. The van der Waals surface area contributed by atoms with Crippen LogP contribution in [-0.4, -0.2) is 57.7 Å². The summed E-state index contributed by atoms with van der Waals surface area (Å²) in [6.07, 6.45) is 0. The Kier molecular flexibility index (Phi) is 6.72. The minimum absolute atomic E-state index is 0.0359. The molecule has 0 aliphatic carbocycles. The van der Waals surface area contributed by atoms with Crippen LogP contribution < -0.4 is 24.2 Å². The zero-order valence-corrected chi connectivity index (χ0v) is 22.0. The van der Waals surface area contributed by atoms with E-state index in [1.54, 1.807) is 42.5 Å². The molecular weight excluding hydrogens is 482 g/mol. The van der Waals surface area contributed by atoms with Gasteiger partial charge in [-0.3, -0.25) is 14.5 Å². The zero-order valence-electron chi connectivity index (χ0n) is 22.0. The summed E-state index contributed by atoms with van der Waals surface area (Å²) in [6.45, 7) is 3.63. The summed E-state index contributed by atoms with van der Waals surface area (Å²) in [5.41, 5.74) is 3.48. The molecule has 0 bridgehead atoms. The van der Waals surface area contributed by atoms with Crippen LogP contribution in [0.25, 0.3) is 5.76 Å². The van der Waals surface area contributed by atoms with E-state index in [0.29, 0.717) is 48.1 Å². The molecule has 1 fully saturated rings. The number of aliphatic hydroxyl groups is 1. The summed E-state index contributed by atoms with van der Waals surface area (Å²) >= 11 is 0. The SMILES string of the molecule is CCOc1cccc(N2C(=O)C(=O)/C(=C(\O)c3ccc4c(c3)N(C)CCO4)C2c2ccc(N(C)C)cc2)c1. The Labute approximate surface area is 222 Å². The first-order valence-corrected chi connectivity index (χ1v) is 12.6. The molecule has 1 saturated heterocycles. The van der Waals surface area contributed by atoms with E-state index in [1.807, 2.05) is 62.1 Å². The number of hydrogen-bond donors (Lipinski definition) is 1. The van der Waals surface area contributed by atoms with E-state index in [1.165, 1.54) is 4.90 Å². The van der Waals surface area contributed by atoms with Crippen LogP contribution in [0.15, 0.2) is 72.3 Å². The Morgan fingerprint density at radius 3 is 2.55 bits per heavy atom. The molecule has 3 aromatic carbocycles. The molecule has 0 aromatic heterocycles. The van der Waals surface area contributed by atoms with Gasteiger partial charge >= 0.3 is 0 Å². The van der Waals surface area contributed by atoms with Crippen LogP contribution in [0.5, 0.6) is 11.5 Å². The van der Waals surface area contributed by atoms with Crippen LogP contribution in [0.4, 0.5) is 17.1 Å². The lowest BCUT2D eigenvalue weighted by Crippen LogP contribution is -2.29. The Hall–Kier alpha value is -4.46. The molecule has 3 aromatic rings. The first-order chi connectivity index (χ1) is 18.3. The van der Waals surface area contributed by atoms with Gasteiger partial charge in [0, 0.05) is 44.1 Å². The van der Waals surface area contributed by atoms with Crippen LogP contribution in [0.1, 0.15) is 24.1 Å². The number of anilines is 3. The molecule has 0 saturated carbocycles. The predicted octanol–water partition coefficient (Wildman–Crippen LogP) is 4.61. The molecule has 1 N–H and O–H groups in total. The smallest absolute Gasteiger partial charge is 0.300 e. The summed E-state index contributed by atoms with van der Waals surface area (Å²) in [4.78, 5) is 32.5. The van der Waals surface area contributed by atoms with Gasteiger partial charge in [0.15, 0.2) is 0 Å². The highest BCUT2D eigenvalue weighted by molar-refractivity contribution is 6.51. The van der Waals surface area contributed by atoms with E-state index in [-0.39, 0.29) is 11.3 Å². The summed E-state index contributed by atoms with van der Waals surface area (Å²) in [6, 6.07) is 19.2. The van der Waals surface area contributed by atoms with Gasteiger partial charge in [-0.1, -0.05) is 18.2 Å². The third-order valence-electron chi connectivity index (χ3n) is 6.90. The third kappa shape index (κ3) is 4.42. The van der Waals surface area contributed by atoms with Gasteiger partial charge in [0.1, 0.15) is 23.9 Å². The minimum atomic E-state index is -0.826. The molecule has 0 radical (unpaired) electrons. The van der Waals surface area contributed by atoms with Crippen molar-refractivity contribution in [3.63, 3.8) is 0 Å². The fourth-order valence-electron chi connectivity index (χ4n) is 4.91. The molecule has 2 heterocycles. The van der Waals surface area contributed by atoms with Gasteiger partial charge in [-0.25, -0.2) is 0 Å². The molecule has 38 heavy (non-hydrogen) atoms. The van der Waals surface area contributed by atoms with Gasteiger partial charge < -0.3 is 24.4 Å². The lowest BCUT2D eigenvalue weighted by Gasteiger charge is -2.28. The summed E-state index contributed by atoms with van der Waals surface area (Å²) in [5, 5.41) is 11.6. The maximum absolute atomic E-state index is 13.5. The van der Waals surface area contributed by atoms with Gasteiger partial charge in [0.2, 0.25) is 0 Å². The lowest BCUT2D eigenvalue weighted by molar-refractivity contribution is -0.132. The number of ether oxygens (including phenoxy) is 2. The molecule has 8 nitrogen and oxygen atoms in total. The van der Waals surface area contributed by atoms with E-state index in [4.69, 9.17) is 9.47 Å². The average molecular weight is 514 g/mol. The number of hydrogen-bond acceptors (Lipinski definition) is 7. The minimum Gasteiger partial charge on any atom is -0.507 e. The van der Waals surface area contributed by atoms with Crippen molar-refractivity contribution in [3.05, 3.63) is 83.4 Å². The van der Waals surface area contributed by atoms with Crippen LogP contribution in [0.2, 0.25) is 0 Å². The van der Waals surface area contributed by atoms with Crippen LogP contribution in [0, 0.1) is 0 Å². The second kappa shape index (κ2) is 10.1. The van der Waals surface area contributed by atoms with Gasteiger partial charge in [0.25, 0.3) is 11.7 Å². The van der Waals surface area contributed by atoms with Crippen LogP contribution in [0.3, 0.4) is 0 Å². The highest BCUT2D eigenvalue weighted by Crippen LogP contribution is 2.44. The number of carbonyl (C=O) groups excluding carboxylic acids is 2. The van der Waals surface area contributed by atoms with Crippen molar-refractivity contribution in [1.29, 1.82) is 0 Å². The summed E-state index contributed by atoms with van der Waals surface area (Å²) in [5.74, 6) is -0.380. The molecule has 8 heteroatoms. The molecule has 5 rings (SSSR count). The number of benzene rings is 3. The number of fused-ring (bicyclic) bond motifs is 1. The summed E-state index contributed by atoms with van der Waals surface area (Å²) in [7, 11) is 5.83. The van der Waals surface area contributed by atoms with Gasteiger partial charge in [-0.2, -0.15) is 0 Å². The van der Waals surface area contributed by atoms with Crippen molar-refractivity contribution in [2.45, 2.75) is 13.0 Å².